The van der Waals surface area contributed by atoms with Gasteiger partial charge in [0.25, 0.3) is 0 Å². The lowest BCUT2D eigenvalue weighted by Crippen LogP contribution is -2.45. The van der Waals surface area contributed by atoms with E-state index >= 15 is 0 Å². The first-order valence-electron chi connectivity index (χ1n) is 25.2. The van der Waals surface area contributed by atoms with Crippen LogP contribution in [0.3, 0.4) is 0 Å². The van der Waals surface area contributed by atoms with Gasteiger partial charge in [-0.15, -0.1) is 0 Å². The van der Waals surface area contributed by atoms with Gasteiger partial charge in [-0.1, -0.05) is 273 Å². The van der Waals surface area contributed by atoms with Gasteiger partial charge in [0.1, 0.15) is 0 Å². The number of hydrogen-bond donors (Lipinski definition) is 0. The Balaban J connectivity index is 6.01. The van der Waals surface area contributed by atoms with Crippen molar-refractivity contribution in [2.45, 2.75) is 309 Å². The van der Waals surface area contributed by atoms with Gasteiger partial charge in [0, 0.05) is 0 Å². The maximum atomic E-state index is 7.53. The summed E-state index contributed by atoms with van der Waals surface area (Å²) in [5.74, 6) is 0. The molecule has 0 aromatic carbocycles. The second kappa shape index (κ2) is 42.2. The molecular formula is C48H102O2Si3. The quantitative estimate of drug-likeness (QED) is 0.0451. The third-order valence-electron chi connectivity index (χ3n) is 12.4. The van der Waals surface area contributed by atoms with Crippen molar-refractivity contribution in [2.75, 3.05) is 0 Å². The Morgan fingerprint density at radius 3 is 0.547 bits per heavy atom. The summed E-state index contributed by atoms with van der Waals surface area (Å²) in [6, 6.07) is 8.42. The summed E-state index contributed by atoms with van der Waals surface area (Å²) < 4.78 is 15.1. The van der Waals surface area contributed by atoms with Crippen molar-refractivity contribution in [3.63, 3.8) is 0 Å². The van der Waals surface area contributed by atoms with Crippen LogP contribution in [0.2, 0.25) is 36.3 Å². The third-order valence-corrected chi connectivity index (χ3v) is 24.2. The number of rotatable bonds is 46. The Morgan fingerprint density at radius 1 is 0.226 bits per heavy atom. The topological polar surface area (TPSA) is 18.5 Å². The van der Waals surface area contributed by atoms with Crippen LogP contribution in [-0.4, -0.2) is 26.6 Å². The van der Waals surface area contributed by atoms with E-state index in [-0.39, 0.29) is 0 Å². The third kappa shape index (κ3) is 34.3. The molecule has 2 nitrogen and oxygen atoms in total. The Hall–Kier alpha value is 0.571. The molecule has 0 aromatic rings. The predicted molar refractivity (Wildman–Crippen MR) is 249 cm³/mol. The summed E-state index contributed by atoms with van der Waals surface area (Å²) in [6.07, 6.45) is 50.6. The highest BCUT2D eigenvalue weighted by Crippen LogP contribution is 2.34. The molecule has 0 aliphatic heterocycles. The maximum absolute atomic E-state index is 7.53. The Kier molecular flexibility index (Phi) is 42.6. The molecule has 53 heavy (non-hydrogen) atoms. The number of unbranched alkanes of at least 4 members (excludes halogenated alkanes) is 30. The van der Waals surface area contributed by atoms with Gasteiger partial charge in [-0.05, 0) is 36.3 Å². The van der Waals surface area contributed by atoms with E-state index in [1.807, 2.05) is 0 Å². The summed E-state index contributed by atoms with van der Waals surface area (Å²) >= 11 is 0. The molecule has 2 radical (unpaired) electrons. The molecule has 5 heteroatoms. The highest BCUT2D eigenvalue weighted by Gasteiger charge is 2.38. The summed E-state index contributed by atoms with van der Waals surface area (Å²) in [6.45, 7) is 14.1. The van der Waals surface area contributed by atoms with Gasteiger partial charge in [-0.2, -0.15) is 0 Å². The monoisotopic (exact) mass is 795 g/mol. The smallest absolute Gasteiger partial charge is 0.410 e. The molecule has 0 heterocycles. The zero-order valence-electron chi connectivity index (χ0n) is 38.0. The van der Waals surface area contributed by atoms with Gasteiger partial charge in [-0.3, -0.25) is 0 Å². The van der Waals surface area contributed by atoms with E-state index < -0.39 is 16.6 Å². The van der Waals surface area contributed by atoms with Gasteiger partial charge < -0.3 is 8.23 Å². The zero-order chi connectivity index (χ0) is 38.8. The predicted octanol–water partition coefficient (Wildman–Crippen LogP) is 18.6. The van der Waals surface area contributed by atoms with Crippen LogP contribution in [0.4, 0.5) is 0 Å². The fourth-order valence-corrected chi connectivity index (χ4v) is 19.9. The van der Waals surface area contributed by atoms with Crippen LogP contribution in [0.1, 0.15) is 273 Å². The number of hydrogen-bond acceptors (Lipinski definition) is 2. The van der Waals surface area contributed by atoms with Crippen molar-refractivity contribution >= 4 is 26.6 Å². The SMILES string of the molecule is CCCCCCCC[Si](CCCCCCCC)(CCCCCCCC)O[Si]O[Si](CCCCCCCC)(CCCCCCCC)CCCCCCCC. The molecule has 0 bridgehead atoms. The van der Waals surface area contributed by atoms with Gasteiger partial charge in [0.15, 0.2) is 16.6 Å². The zero-order valence-corrected chi connectivity index (χ0v) is 41.0. The van der Waals surface area contributed by atoms with E-state index in [4.69, 9.17) is 8.23 Å². The normalized spacial score (nSPS) is 12.3. The molecular weight excluding hydrogens is 693 g/mol. The average molecular weight is 796 g/mol. The first-order chi connectivity index (χ1) is 26.1. The van der Waals surface area contributed by atoms with Crippen LogP contribution in [0.15, 0.2) is 0 Å². The Bertz CT molecular complexity index is 552. The highest BCUT2D eigenvalue weighted by molar-refractivity contribution is 6.80. The van der Waals surface area contributed by atoms with Gasteiger partial charge in [0.2, 0.25) is 0 Å². The molecule has 0 atom stereocenters. The minimum Gasteiger partial charge on any atom is -0.434 e. The molecule has 0 unspecified atom stereocenters. The highest BCUT2D eigenvalue weighted by atomic mass is 28.4. The van der Waals surface area contributed by atoms with E-state index in [9.17, 15) is 0 Å². The van der Waals surface area contributed by atoms with E-state index in [0.717, 1.165) is 0 Å². The summed E-state index contributed by atoms with van der Waals surface area (Å²) in [4.78, 5) is 0. The van der Waals surface area contributed by atoms with Crippen molar-refractivity contribution < 1.29 is 8.23 Å². The van der Waals surface area contributed by atoms with Crippen molar-refractivity contribution in [1.29, 1.82) is 0 Å². The van der Waals surface area contributed by atoms with Crippen LogP contribution in [0, 0.1) is 0 Å². The molecule has 0 N–H and O–H groups in total. The average Bonchev–Trinajstić information content (AvgIpc) is 3.16. The Morgan fingerprint density at radius 2 is 0.377 bits per heavy atom. The molecule has 0 spiro atoms. The first kappa shape index (κ1) is 53.6. The van der Waals surface area contributed by atoms with Gasteiger partial charge >= 0.3 is 10.0 Å². The van der Waals surface area contributed by atoms with Gasteiger partial charge in [-0.25, -0.2) is 0 Å². The molecule has 0 aliphatic carbocycles. The minimum absolute atomic E-state index is 0.332. The molecule has 0 rings (SSSR count). The van der Waals surface area contributed by atoms with Crippen molar-refractivity contribution in [1.82, 2.24) is 0 Å². The summed E-state index contributed by atoms with van der Waals surface area (Å²) in [5.41, 5.74) is 0. The van der Waals surface area contributed by atoms with Crippen molar-refractivity contribution in [2.24, 2.45) is 0 Å². The molecule has 0 aromatic heterocycles. The summed E-state index contributed by atoms with van der Waals surface area (Å²) in [5, 5.41) is 0. The van der Waals surface area contributed by atoms with Crippen molar-refractivity contribution in [3.8, 4) is 0 Å². The molecule has 0 saturated carbocycles. The fourth-order valence-electron chi connectivity index (χ4n) is 8.62. The van der Waals surface area contributed by atoms with E-state index in [1.165, 1.54) is 267 Å². The lowest BCUT2D eigenvalue weighted by atomic mass is 10.1. The van der Waals surface area contributed by atoms with E-state index in [2.05, 4.69) is 41.5 Å². The second-order valence-electron chi connectivity index (χ2n) is 17.8. The molecule has 0 fully saturated rings. The maximum Gasteiger partial charge on any atom is 0.410 e. The van der Waals surface area contributed by atoms with Crippen LogP contribution >= 0.6 is 0 Å². The van der Waals surface area contributed by atoms with Crippen LogP contribution < -0.4 is 0 Å². The first-order valence-corrected chi connectivity index (χ1v) is 31.1. The molecule has 0 aliphatic rings. The largest absolute Gasteiger partial charge is 0.434 e. The van der Waals surface area contributed by atoms with Gasteiger partial charge in [0.05, 0.1) is 0 Å². The van der Waals surface area contributed by atoms with Crippen molar-refractivity contribution in [3.05, 3.63) is 0 Å². The lowest BCUT2D eigenvalue weighted by molar-refractivity contribution is 0.417. The minimum atomic E-state index is -1.85. The molecule has 318 valence electrons. The fraction of sp³-hybridized carbons (Fsp3) is 1.00. The Labute approximate surface area is 342 Å². The lowest BCUT2D eigenvalue weighted by Gasteiger charge is -2.36. The van der Waals surface area contributed by atoms with Crippen LogP contribution in [0.25, 0.3) is 0 Å². The van der Waals surface area contributed by atoms with E-state index in [0.29, 0.717) is 10.0 Å². The van der Waals surface area contributed by atoms with Crippen LogP contribution in [-0.2, 0) is 8.23 Å². The second-order valence-corrected chi connectivity index (χ2v) is 27.3. The standard InChI is InChI=1S/C48H102O2Si3/c1-7-13-19-25-31-37-43-52(44-38-32-26-20-14-8-2,45-39-33-27-21-15-9-3)49-51-50-53(46-40-34-28-22-16-10-4,47-41-35-29-23-17-11-5)48-42-36-30-24-18-12-6/h7-48H2,1-6H3. The summed E-state index contributed by atoms with van der Waals surface area (Å²) in [7, 11) is -3.37. The van der Waals surface area contributed by atoms with E-state index in [1.54, 1.807) is 0 Å². The van der Waals surface area contributed by atoms with Crippen LogP contribution in [0.5, 0.6) is 0 Å². The molecule has 0 amide bonds. The molecule has 0 saturated heterocycles.